The zero-order valence-corrected chi connectivity index (χ0v) is 48.0. The molecular formula is C56H51BrCl4N6O8S2. The Morgan fingerprint density at radius 2 is 1.30 bits per heavy atom. The zero-order valence-electron chi connectivity index (χ0n) is 41.7. The first kappa shape index (κ1) is 54.2. The number of nitrogens with one attached hydrogen (secondary N) is 1. The van der Waals surface area contributed by atoms with Crippen LogP contribution in [0.2, 0.25) is 20.1 Å². The largest absolute Gasteiger partial charge is 0.465 e. The van der Waals surface area contributed by atoms with Gasteiger partial charge in [-0.1, -0.05) is 86.3 Å². The molecule has 4 bridgehead atoms. The second kappa shape index (κ2) is 23.5. The Morgan fingerprint density at radius 1 is 0.740 bits per heavy atom. The Bertz CT molecular complexity index is 3460. The second-order valence-corrected chi connectivity index (χ2v) is 25.2. The molecule has 2 saturated heterocycles. The van der Waals surface area contributed by atoms with Crippen LogP contribution in [0, 0.1) is 18.8 Å². The molecule has 77 heavy (non-hydrogen) atoms. The number of esters is 1. The van der Waals surface area contributed by atoms with Gasteiger partial charge in [0.1, 0.15) is 22.9 Å². The highest BCUT2D eigenvalue weighted by molar-refractivity contribution is 9.11. The smallest absolute Gasteiger partial charge is 0.373 e. The fraction of sp³-hybridized carbons (Fsp3) is 0.393. The van der Waals surface area contributed by atoms with Gasteiger partial charge in [-0.3, -0.25) is 0 Å². The summed E-state index contributed by atoms with van der Waals surface area (Å²) in [5.41, 5.74) is 8.77. The van der Waals surface area contributed by atoms with Crippen LogP contribution >= 0.6 is 85.0 Å². The Balaban J connectivity index is 0.000000130. The van der Waals surface area contributed by atoms with Crippen LogP contribution in [-0.2, 0) is 37.0 Å². The standard InChI is InChI=1S/C27H25Cl2N3O2S.C19H20Cl2N2O2.C9H6BrNO2S.CO2/c1-14-5-8-21-23(9-14)35-27(30-21)32-12-16-10-17(32)11-22(16)33-13-18-25(31-34-26(18)15-6-7-15)24-19(28)3-2-4-20(24)29;20-14-2-1-3-15(21)17(14)18-13(19(25-23-18)10-4-5-10)9-24-16-7-12-6-11(16)8-22-12;1-13-8(12)5-2-3-6-7(4-5)14-9(10)11-6;2-1-3/h2-5,8-9,15-17,22H,6-7,10-13H2,1H3;1-3,10-12,16,22H,4-9H2;2-4H,1H3;/t16-,17-,22+;11-,12-,16+;;/m11../s1. The summed E-state index contributed by atoms with van der Waals surface area (Å²) in [6.07, 6.45) is 9.85. The fourth-order valence-electron chi connectivity index (χ4n) is 11.1. The average molecular weight is 1220 g/mol. The lowest BCUT2D eigenvalue weighted by Crippen LogP contribution is -2.38. The Hall–Kier alpha value is -4.75. The highest BCUT2D eigenvalue weighted by Gasteiger charge is 2.47. The molecule has 6 heterocycles. The molecule has 21 heteroatoms. The van der Waals surface area contributed by atoms with Crippen LogP contribution in [0.25, 0.3) is 42.9 Å². The molecule has 6 fully saturated rings. The number of fused-ring (bicyclic) bond motifs is 6. The molecule has 4 aromatic heterocycles. The quantitative estimate of drug-likeness (QED) is 0.115. The fourth-order valence-corrected chi connectivity index (χ4v) is 14.8. The molecule has 4 saturated carbocycles. The Labute approximate surface area is 480 Å². The van der Waals surface area contributed by atoms with Gasteiger partial charge >= 0.3 is 12.1 Å². The molecule has 0 spiro atoms. The first-order chi connectivity index (χ1) is 37.4. The van der Waals surface area contributed by atoms with E-state index in [1.807, 2.05) is 42.5 Å². The summed E-state index contributed by atoms with van der Waals surface area (Å²) >= 11 is 32.4. The van der Waals surface area contributed by atoms with Crippen molar-refractivity contribution in [2.24, 2.45) is 11.8 Å². The summed E-state index contributed by atoms with van der Waals surface area (Å²) in [5, 5.41) is 15.7. The number of methoxy groups -OCH3 is 1. The van der Waals surface area contributed by atoms with Gasteiger partial charge in [-0.05, 0) is 140 Å². The molecule has 400 valence electrons. The first-order valence-corrected chi connectivity index (χ1v) is 29.4. The minimum absolute atomic E-state index is 0.226. The number of hydrogen-bond donors (Lipinski definition) is 1. The normalized spacial score (nSPS) is 21.8. The molecule has 1 N–H and O–H groups in total. The van der Waals surface area contributed by atoms with Crippen molar-refractivity contribution in [1.29, 1.82) is 0 Å². The molecule has 6 atom stereocenters. The maximum absolute atomic E-state index is 11.2. The topological polar surface area (TPSA) is 172 Å². The number of carbonyl (C=O) groups excluding carboxylic acids is 3. The average Bonchev–Trinajstić information content (AvgIpc) is 3.88. The van der Waals surface area contributed by atoms with E-state index in [-0.39, 0.29) is 18.2 Å². The van der Waals surface area contributed by atoms with Crippen LogP contribution in [0.4, 0.5) is 5.13 Å². The number of rotatable bonds is 12. The van der Waals surface area contributed by atoms with Crippen molar-refractivity contribution in [3.63, 3.8) is 0 Å². The van der Waals surface area contributed by atoms with Gasteiger partial charge in [0.25, 0.3) is 0 Å². The highest BCUT2D eigenvalue weighted by atomic mass is 79.9. The molecule has 4 aromatic carbocycles. The highest BCUT2D eigenvalue weighted by Crippen LogP contribution is 2.49. The van der Waals surface area contributed by atoms with Crippen LogP contribution in [0.3, 0.4) is 0 Å². The summed E-state index contributed by atoms with van der Waals surface area (Å²) in [6, 6.07) is 23.9. The van der Waals surface area contributed by atoms with Gasteiger partial charge in [0, 0.05) is 65.2 Å². The van der Waals surface area contributed by atoms with Crippen molar-refractivity contribution < 1.29 is 37.6 Å². The Morgan fingerprint density at radius 3 is 1.82 bits per heavy atom. The zero-order chi connectivity index (χ0) is 53.5. The summed E-state index contributed by atoms with van der Waals surface area (Å²) < 4.78 is 32.1. The lowest BCUT2D eigenvalue weighted by atomic mass is 10.0. The van der Waals surface area contributed by atoms with Gasteiger partial charge in [0.15, 0.2) is 9.05 Å². The number of hydrogen-bond acceptors (Lipinski definition) is 16. The van der Waals surface area contributed by atoms with E-state index in [1.165, 1.54) is 35.1 Å². The third kappa shape index (κ3) is 11.8. The lowest BCUT2D eigenvalue weighted by Gasteiger charge is -2.31. The molecule has 8 aromatic rings. The van der Waals surface area contributed by atoms with Gasteiger partial charge in [-0.25, -0.2) is 14.8 Å². The predicted molar refractivity (Wildman–Crippen MR) is 301 cm³/mol. The van der Waals surface area contributed by atoms with E-state index < -0.39 is 0 Å². The summed E-state index contributed by atoms with van der Waals surface area (Å²) in [6.45, 7) is 5.18. The van der Waals surface area contributed by atoms with E-state index in [4.69, 9.17) is 79.5 Å². The molecule has 6 aliphatic rings. The molecule has 14 rings (SSSR count). The maximum atomic E-state index is 11.2. The van der Waals surface area contributed by atoms with Crippen molar-refractivity contribution in [3.8, 4) is 22.5 Å². The van der Waals surface area contributed by atoms with Crippen molar-refractivity contribution in [3.05, 3.63) is 131 Å². The van der Waals surface area contributed by atoms with Crippen LogP contribution < -0.4 is 10.2 Å². The van der Waals surface area contributed by atoms with Gasteiger partial charge in [-0.2, -0.15) is 9.59 Å². The van der Waals surface area contributed by atoms with E-state index in [2.05, 4.69) is 71.3 Å². The minimum atomic E-state index is -0.323. The van der Waals surface area contributed by atoms with Crippen molar-refractivity contribution in [1.82, 2.24) is 25.6 Å². The van der Waals surface area contributed by atoms with Gasteiger partial charge in [0.05, 0.1) is 78.6 Å². The van der Waals surface area contributed by atoms with Gasteiger partial charge in [-0.15, -0.1) is 11.3 Å². The monoisotopic (exact) mass is 1220 g/mol. The van der Waals surface area contributed by atoms with Crippen molar-refractivity contribution in [2.45, 2.75) is 108 Å². The van der Waals surface area contributed by atoms with Gasteiger partial charge in [0.2, 0.25) is 0 Å². The summed E-state index contributed by atoms with van der Waals surface area (Å²) in [7, 11) is 1.37. The van der Waals surface area contributed by atoms with Crippen LogP contribution in [0.15, 0.2) is 85.8 Å². The maximum Gasteiger partial charge on any atom is 0.373 e. The second-order valence-electron chi connectivity index (χ2n) is 20.3. The van der Waals surface area contributed by atoms with Crippen LogP contribution in [0.5, 0.6) is 0 Å². The van der Waals surface area contributed by atoms with E-state index >= 15 is 0 Å². The molecule has 0 unspecified atom stereocenters. The number of aryl methyl sites for hydroxylation is 1. The number of thiazole rings is 2. The van der Waals surface area contributed by atoms with E-state index in [0.717, 1.165) is 128 Å². The molecule has 4 aliphatic carbocycles. The third-order valence-corrected chi connectivity index (χ3v) is 18.9. The van der Waals surface area contributed by atoms with Crippen molar-refractivity contribution >= 4 is 123 Å². The molecule has 14 nitrogen and oxygen atoms in total. The van der Waals surface area contributed by atoms with E-state index in [0.29, 0.717) is 80.7 Å². The number of carbonyl (C=O) groups is 1. The molecule has 0 radical (unpaired) electrons. The molecule has 0 amide bonds. The number of ether oxygens (including phenoxy) is 3. The Kier molecular flexibility index (Phi) is 16.6. The number of nitrogens with zero attached hydrogens (tertiary/aromatic N) is 5. The van der Waals surface area contributed by atoms with E-state index in [9.17, 15) is 4.79 Å². The lowest BCUT2D eigenvalue weighted by molar-refractivity contribution is -0.191. The third-order valence-electron chi connectivity index (χ3n) is 15.2. The first-order valence-electron chi connectivity index (χ1n) is 25.5. The number of halogens is 5. The molecule has 2 aliphatic heterocycles. The predicted octanol–water partition coefficient (Wildman–Crippen LogP) is 14.7. The van der Waals surface area contributed by atoms with Crippen LogP contribution in [0.1, 0.15) is 102 Å². The summed E-state index contributed by atoms with van der Waals surface area (Å²) in [4.78, 5) is 39.1. The minimum Gasteiger partial charge on any atom is -0.465 e. The van der Waals surface area contributed by atoms with Crippen molar-refractivity contribution in [2.75, 3.05) is 25.1 Å². The number of piperidine rings is 2. The SMILES string of the molecule is COC(=O)c1ccc2nc(Br)sc2c1.Cc1ccc2nc(N3C[C@H]4C[C@@H]3C[C@@H]4OCc3c(-c4c(Cl)cccc4Cl)noc3C3CC3)sc2c1.Clc1cccc(Cl)c1-c1noc(C2CC2)c1CO[C@H]1C[C@H]2C[C@@H]1CN2.O=C=O. The summed E-state index contributed by atoms with van der Waals surface area (Å²) in [5.74, 6) is 3.58. The molecular weight excluding hydrogens is 1170 g/mol. The van der Waals surface area contributed by atoms with Gasteiger partial charge < -0.3 is 33.5 Å². The van der Waals surface area contributed by atoms with E-state index in [1.54, 1.807) is 23.5 Å². The number of aromatic nitrogens is 4. The number of benzene rings is 4. The number of anilines is 1. The van der Waals surface area contributed by atoms with Crippen LogP contribution in [-0.4, -0.2) is 76.9 Å².